The molecule has 0 saturated heterocycles. The van der Waals surface area contributed by atoms with Gasteiger partial charge in [-0.1, -0.05) is 18.0 Å². The first-order chi connectivity index (χ1) is 9.10. The average Bonchev–Trinajstić information content (AvgIpc) is 2.31. The summed E-state index contributed by atoms with van der Waals surface area (Å²) in [5.41, 5.74) is -0.692. The molecule has 0 bridgehead atoms. The number of methoxy groups -OCH3 is 1. The molecular formula is C12H17ClFN3O2. The van der Waals surface area contributed by atoms with Gasteiger partial charge in [-0.3, -0.25) is 4.79 Å². The molecule has 5 nitrogen and oxygen atoms in total. The molecule has 0 radical (unpaired) electrons. The first-order valence-corrected chi connectivity index (χ1v) is 6.71. The largest absolute Gasteiger partial charge is 0.469 e. The lowest BCUT2D eigenvalue weighted by molar-refractivity contribution is -0.141. The number of nitrogens with one attached hydrogen (secondary N) is 2. The summed E-state index contributed by atoms with van der Waals surface area (Å²) in [5, 5.41) is 5.54. The second-order valence-corrected chi connectivity index (χ2v) is 5.11. The van der Waals surface area contributed by atoms with Gasteiger partial charge in [0.1, 0.15) is 0 Å². The zero-order valence-corrected chi connectivity index (χ0v) is 11.4. The number of carbonyl (C=O) groups excluding carboxylic acids is 1. The minimum absolute atomic E-state index is 0.0968. The average molecular weight is 290 g/mol. The second-order valence-electron chi connectivity index (χ2n) is 4.69. The molecule has 1 heterocycles. The van der Waals surface area contributed by atoms with Crippen LogP contribution in [-0.4, -0.2) is 30.6 Å². The van der Waals surface area contributed by atoms with E-state index in [1.807, 2.05) is 0 Å². The first-order valence-electron chi connectivity index (χ1n) is 6.27. The van der Waals surface area contributed by atoms with Crippen LogP contribution in [0.15, 0.2) is 17.0 Å². The van der Waals surface area contributed by atoms with Crippen molar-refractivity contribution in [1.82, 2.24) is 10.6 Å². The van der Waals surface area contributed by atoms with Crippen molar-refractivity contribution < 1.29 is 13.9 Å². The van der Waals surface area contributed by atoms with E-state index in [4.69, 9.17) is 11.6 Å². The maximum atomic E-state index is 13.6. The van der Waals surface area contributed by atoms with Crippen LogP contribution in [0.2, 0.25) is 0 Å². The highest BCUT2D eigenvalue weighted by molar-refractivity contribution is 6.21. The van der Waals surface area contributed by atoms with Crippen molar-refractivity contribution in [3.05, 3.63) is 12.0 Å². The highest BCUT2D eigenvalue weighted by Crippen LogP contribution is 2.31. The van der Waals surface area contributed by atoms with Gasteiger partial charge in [0.2, 0.25) is 0 Å². The lowest BCUT2D eigenvalue weighted by atomic mass is 9.78. The summed E-state index contributed by atoms with van der Waals surface area (Å²) in [6, 6.07) is -0.166. The molecule has 0 amide bonds. The Bertz CT molecular complexity index is 410. The molecule has 1 saturated carbocycles. The highest BCUT2D eigenvalue weighted by Gasteiger charge is 2.31. The van der Waals surface area contributed by atoms with E-state index in [1.54, 1.807) is 0 Å². The number of amidine groups is 1. The topological polar surface area (TPSA) is 62.7 Å². The van der Waals surface area contributed by atoms with E-state index in [0.29, 0.717) is 5.92 Å². The van der Waals surface area contributed by atoms with Gasteiger partial charge in [0.05, 0.1) is 13.5 Å². The summed E-state index contributed by atoms with van der Waals surface area (Å²) in [7, 11) is 1.34. The number of ether oxygens (including phenoxy) is 1. The van der Waals surface area contributed by atoms with Crippen molar-refractivity contribution in [3.63, 3.8) is 0 Å². The molecule has 2 unspecified atom stereocenters. The van der Waals surface area contributed by atoms with Crippen LogP contribution in [-0.2, 0) is 9.53 Å². The van der Waals surface area contributed by atoms with Gasteiger partial charge in [-0.15, -0.1) is 0 Å². The van der Waals surface area contributed by atoms with Crippen molar-refractivity contribution >= 4 is 23.4 Å². The number of aliphatic imine (C=N–C) groups is 1. The molecule has 7 heteroatoms. The molecule has 106 valence electrons. The molecule has 1 aliphatic heterocycles. The van der Waals surface area contributed by atoms with E-state index in [0.717, 1.165) is 19.3 Å². The Kier molecular flexibility index (Phi) is 4.63. The number of hydrogen-bond donors (Lipinski definition) is 2. The van der Waals surface area contributed by atoms with Crippen molar-refractivity contribution in [3.8, 4) is 0 Å². The minimum atomic E-state index is -0.692. The Hall–Kier alpha value is -1.30. The lowest BCUT2D eigenvalue weighted by Crippen LogP contribution is -2.46. The van der Waals surface area contributed by atoms with Crippen LogP contribution >= 0.6 is 11.6 Å². The van der Waals surface area contributed by atoms with Crippen LogP contribution in [0, 0.1) is 5.92 Å². The van der Waals surface area contributed by atoms with E-state index < -0.39 is 11.5 Å². The van der Waals surface area contributed by atoms with Gasteiger partial charge in [-0.25, -0.2) is 9.38 Å². The zero-order valence-electron chi connectivity index (χ0n) is 10.7. The van der Waals surface area contributed by atoms with Crippen LogP contribution in [0.1, 0.15) is 25.7 Å². The van der Waals surface area contributed by atoms with Crippen LogP contribution in [0.3, 0.4) is 0 Å². The molecule has 1 fully saturated rings. The molecular weight excluding hydrogens is 273 g/mol. The van der Waals surface area contributed by atoms with Crippen LogP contribution < -0.4 is 10.6 Å². The van der Waals surface area contributed by atoms with Gasteiger partial charge in [0, 0.05) is 12.2 Å². The van der Waals surface area contributed by atoms with Gasteiger partial charge in [0.25, 0.3) is 0 Å². The van der Waals surface area contributed by atoms with Gasteiger partial charge in [0.15, 0.2) is 17.3 Å². The molecule has 19 heavy (non-hydrogen) atoms. The van der Waals surface area contributed by atoms with Crippen molar-refractivity contribution in [2.75, 3.05) is 7.11 Å². The smallest absolute Gasteiger partial charge is 0.307 e. The van der Waals surface area contributed by atoms with Gasteiger partial charge >= 0.3 is 5.97 Å². The molecule has 2 aliphatic rings. The van der Waals surface area contributed by atoms with Crippen molar-refractivity contribution in [2.24, 2.45) is 10.9 Å². The Morgan fingerprint density at radius 3 is 3.05 bits per heavy atom. The molecule has 0 aromatic heterocycles. The number of nitrogens with zero attached hydrogens (tertiary/aromatic N) is 1. The normalized spacial score (nSPS) is 24.5. The third kappa shape index (κ3) is 3.59. The summed E-state index contributed by atoms with van der Waals surface area (Å²) in [6.07, 6.45) is 4.55. The third-order valence-electron chi connectivity index (χ3n) is 3.47. The quantitative estimate of drug-likeness (QED) is 0.469. The fraction of sp³-hybridized carbons (Fsp3) is 0.667. The minimum Gasteiger partial charge on any atom is -0.469 e. The molecule has 2 rings (SSSR count). The molecule has 2 N–H and O–H groups in total. The van der Waals surface area contributed by atoms with Crippen LogP contribution in [0.4, 0.5) is 4.39 Å². The number of alkyl halides is 1. The van der Waals surface area contributed by atoms with Crippen LogP contribution in [0.25, 0.3) is 0 Å². The summed E-state index contributed by atoms with van der Waals surface area (Å²) >= 11 is 5.78. The predicted octanol–water partition coefficient (Wildman–Crippen LogP) is 1.64. The van der Waals surface area contributed by atoms with Gasteiger partial charge in [-0.05, 0) is 18.8 Å². The van der Waals surface area contributed by atoms with Crippen LogP contribution in [0.5, 0.6) is 0 Å². The zero-order chi connectivity index (χ0) is 13.8. The van der Waals surface area contributed by atoms with E-state index >= 15 is 0 Å². The summed E-state index contributed by atoms with van der Waals surface area (Å²) in [6.45, 7) is 0. The molecule has 2 atom stereocenters. The maximum absolute atomic E-state index is 13.6. The Balaban J connectivity index is 2.02. The van der Waals surface area contributed by atoms with Crippen molar-refractivity contribution in [1.29, 1.82) is 0 Å². The first kappa shape index (κ1) is 14.1. The van der Waals surface area contributed by atoms with E-state index in [2.05, 4.69) is 20.4 Å². The molecule has 0 aromatic rings. The number of halogens is 2. The SMILES string of the molecule is COC(=O)CC(NC1=NC(Cl)NC=C1F)C1CCC1. The molecule has 0 aromatic carbocycles. The number of carbonyl (C=O) groups is 1. The maximum Gasteiger partial charge on any atom is 0.307 e. The standard InChI is InChI=1S/C12H17ClFN3O2/c1-19-10(18)5-9(7-3-2-4-7)16-11-8(14)6-15-12(13)17-11/h6-7,9,12,15H,2-5H2,1H3,(H,16,17). The molecule has 0 spiro atoms. The lowest BCUT2D eigenvalue weighted by Gasteiger charge is -2.34. The third-order valence-corrected chi connectivity index (χ3v) is 3.70. The van der Waals surface area contributed by atoms with E-state index in [-0.39, 0.29) is 24.3 Å². The summed E-state index contributed by atoms with van der Waals surface area (Å²) in [4.78, 5) is 15.3. The summed E-state index contributed by atoms with van der Waals surface area (Å²) in [5.74, 6) is -0.380. The van der Waals surface area contributed by atoms with E-state index in [9.17, 15) is 9.18 Å². The fourth-order valence-corrected chi connectivity index (χ4v) is 2.31. The Labute approximate surface area is 116 Å². The Morgan fingerprint density at radius 1 is 1.74 bits per heavy atom. The Morgan fingerprint density at radius 2 is 2.47 bits per heavy atom. The molecule has 1 aliphatic carbocycles. The van der Waals surface area contributed by atoms with Crippen molar-refractivity contribution in [2.45, 2.75) is 37.4 Å². The predicted molar refractivity (Wildman–Crippen MR) is 70.3 cm³/mol. The second kappa shape index (κ2) is 6.23. The number of rotatable bonds is 4. The summed E-state index contributed by atoms with van der Waals surface area (Å²) < 4.78 is 18.3. The highest BCUT2D eigenvalue weighted by atomic mass is 35.5. The van der Waals surface area contributed by atoms with E-state index in [1.165, 1.54) is 13.3 Å². The van der Waals surface area contributed by atoms with Gasteiger partial charge in [-0.2, -0.15) is 0 Å². The van der Waals surface area contributed by atoms with Gasteiger partial charge < -0.3 is 15.4 Å². The monoisotopic (exact) mass is 289 g/mol. The number of esters is 1. The number of hydrogen-bond acceptors (Lipinski definition) is 5. The fourth-order valence-electron chi connectivity index (χ4n) is 2.15.